The molecule has 0 aromatic heterocycles. The zero-order chi connectivity index (χ0) is 11.8. The van der Waals surface area contributed by atoms with Crippen LogP contribution in [0, 0.1) is 12.8 Å². The van der Waals surface area contributed by atoms with Crippen molar-refractivity contribution in [3.8, 4) is 0 Å². The summed E-state index contributed by atoms with van der Waals surface area (Å²) in [6, 6.07) is 8.90. The van der Waals surface area contributed by atoms with Crippen molar-refractivity contribution in [1.82, 2.24) is 5.32 Å². The summed E-state index contributed by atoms with van der Waals surface area (Å²) >= 11 is 0. The van der Waals surface area contributed by atoms with E-state index in [-0.39, 0.29) is 0 Å². The van der Waals surface area contributed by atoms with E-state index in [0.29, 0.717) is 0 Å². The van der Waals surface area contributed by atoms with Crippen LogP contribution in [0.3, 0.4) is 0 Å². The van der Waals surface area contributed by atoms with E-state index >= 15 is 0 Å². The highest BCUT2D eigenvalue weighted by Crippen LogP contribution is 2.15. The van der Waals surface area contributed by atoms with E-state index in [1.54, 1.807) is 0 Å². The molecule has 1 aromatic rings. The first kappa shape index (κ1) is 13.2. The fraction of sp³-hybridized carbons (Fsp3) is 0.600. The Morgan fingerprint density at radius 3 is 2.75 bits per heavy atom. The zero-order valence-corrected chi connectivity index (χ0v) is 10.9. The first-order valence-electron chi connectivity index (χ1n) is 6.46. The van der Waals surface area contributed by atoms with Crippen molar-refractivity contribution in [2.45, 2.75) is 39.5 Å². The molecule has 0 bridgehead atoms. The molecule has 1 heteroatoms. The lowest BCUT2D eigenvalue weighted by atomic mass is 9.93. The Bertz CT molecular complexity index is 293. The summed E-state index contributed by atoms with van der Waals surface area (Å²) in [7, 11) is 2.05. The van der Waals surface area contributed by atoms with E-state index in [2.05, 4.69) is 50.5 Å². The molecular weight excluding hydrogens is 194 g/mol. The molecule has 1 unspecified atom stereocenters. The van der Waals surface area contributed by atoms with Crippen LogP contribution in [0.4, 0.5) is 0 Å². The van der Waals surface area contributed by atoms with E-state index in [4.69, 9.17) is 0 Å². The van der Waals surface area contributed by atoms with Gasteiger partial charge in [0.15, 0.2) is 0 Å². The van der Waals surface area contributed by atoms with Gasteiger partial charge in [-0.15, -0.1) is 0 Å². The molecule has 0 aliphatic rings. The minimum atomic E-state index is 0.784. The van der Waals surface area contributed by atoms with Gasteiger partial charge in [0.2, 0.25) is 0 Å². The van der Waals surface area contributed by atoms with Crippen LogP contribution in [-0.2, 0) is 6.42 Å². The molecular formula is C15H25N. The zero-order valence-electron chi connectivity index (χ0n) is 10.9. The normalized spacial score (nSPS) is 12.7. The number of unbranched alkanes of at least 4 members (excludes halogenated alkanes) is 1. The Kier molecular flexibility index (Phi) is 6.17. The second-order valence-corrected chi connectivity index (χ2v) is 4.76. The lowest BCUT2D eigenvalue weighted by Crippen LogP contribution is -2.20. The molecule has 0 radical (unpaired) electrons. The molecule has 1 rings (SSSR count). The summed E-state index contributed by atoms with van der Waals surface area (Å²) < 4.78 is 0. The Labute approximate surface area is 100 Å². The number of benzene rings is 1. The van der Waals surface area contributed by atoms with E-state index in [1.807, 2.05) is 0 Å². The smallest absolute Gasteiger partial charge is 0.00203 e. The summed E-state index contributed by atoms with van der Waals surface area (Å²) in [4.78, 5) is 0. The van der Waals surface area contributed by atoms with Gasteiger partial charge in [0.05, 0.1) is 0 Å². The molecule has 0 fully saturated rings. The van der Waals surface area contributed by atoms with Crippen LogP contribution in [0.15, 0.2) is 24.3 Å². The number of aryl methyl sites for hydroxylation is 1. The molecule has 0 saturated carbocycles. The van der Waals surface area contributed by atoms with Gasteiger partial charge >= 0.3 is 0 Å². The summed E-state index contributed by atoms with van der Waals surface area (Å²) in [5.74, 6) is 0.784. The Hall–Kier alpha value is -0.820. The van der Waals surface area contributed by atoms with Crippen LogP contribution in [0.2, 0.25) is 0 Å². The number of rotatable bonds is 7. The maximum atomic E-state index is 3.31. The molecule has 1 atom stereocenters. The fourth-order valence-corrected chi connectivity index (χ4v) is 2.23. The SMILES string of the molecule is CCCCC(CNC)Cc1cccc(C)c1. The fourth-order valence-electron chi connectivity index (χ4n) is 2.23. The molecule has 90 valence electrons. The Morgan fingerprint density at radius 2 is 2.12 bits per heavy atom. The van der Waals surface area contributed by atoms with Crippen LogP contribution in [0.25, 0.3) is 0 Å². The van der Waals surface area contributed by atoms with E-state index in [9.17, 15) is 0 Å². The van der Waals surface area contributed by atoms with Gasteiger partial charge in [0, 0.05) is 0 Å². The van der Waals surface area contributed by atoms with E-state index in [0.717, 1.165) is 12.5 Å². The van der Waals surface area contributed by atoms with Crippen molar-refractivity contribution < 1.29 is 0 Å². The number of hydrogen-bond donors (Lipinski definition) is 1. The minimum Gasteiger partial charge on any atom is -0.319 e. The quantitative estimate of drug-likeness (QED) is 0.739. The molecule has 1 nitrogen and oxygen atoms in total. The predicted octanol–water partition coefficient (Wildman–Crippen LogP) is 3.56. The van der Waals surface area contributed by atoms with E-state index in [1.165, 1.54) is 36.8 Å². The van der Waals surface area contributed by atoms with Gasteiger partial charge < -0.3 is 5.32 Å². The van der Waals surface area contributed by atoms with Crippen molar-refractivity contribution in [3.05, 3.63) is 35.4 Å². The molecule has 0 saturated heterocycles. The lowest BCUT2D eigenvalue weighted by molar-refractivity contribution is 0.444. The summed E-state index contributed by atoms with van der Waals surface area (Å²) in [6.45, 7) is 5.57. The van der Waals surface area contributed by atoms with Crippen LogP contribution in [-0.4, -0.2) is 13.6 Å². The van der Waals surface area contributed by atoms with Gasteiger partial charge in [0.25, 0.3) is 0 Å². The first-order valence-corrected chi connectivity index (χ1v) is 6.46. The summed E-state index contributed by atoms with van der Waals surface area (Å²) in [5, 5.41) is 3.31. The third kappa shape index (κ3) is 4.80. The summed E-state index contributed by atoms with van der Waals surface area (Å²) in [5.41, 5.74) is 2.85. The maximum Gasteiger partial charge on any atom is -0.00203 e. The van der Waals surface area contributed by atoms with Crippen molar-refractivity contribution in [2.24, 2.45) is 5.92 Å². The maximum absolute atomic E-state index is 3.31. The number of nitrogens with one attached hydrogen (secondary N) is 1. The molecule has 0 aliphatic heterocycles. The molecule has 0 aliphatic carbocycles. The Balaban J connectivity index is 2.52. The highest BCUT2D eigenvalue weighted by atomic mass is 14.8. The lowest BCUT2D eigenvalue weighted by Gasteiger charge is -2.16. The van der Waals surface area contributed by atoms with Crippen molar-refractivity contribution in [3.63, 3.8) is 0 Å². The van der Waals surface area contributed by atoms with Gasteiger partial charge in [-0.3, -0.25) is 0 Å². The van der Waals surface area contributed by atoms with Crippen molar-refractivity contribution >= 4 is 0 Å². The average molecular weight is 219 g/mol. The highest BCUT2D eigenvalue weighted by molar-refractivity contribution is 5.22. The second-order valence-electron chi connectivity index (χ2n) is 4.76. The summed E-state index contributed by atoms with van der Waals surface area (Å²) in [6.07, 6.45) is 5.19. The molecule has 0 spiro atoms. The molecule has 0 amide bonds. The van der Waals surface area contributed by atoms with Crippen LogP contribution in [0.1, 0.15) is 37.3 Å². The third-order valence-corrected chi connectivity index (χ3v) is 3.07. The molecule has 16 heavy (non-hydrogen) atoms. The number of hydrogen-bond acceptors (Lipinski definition) is 1. The van der Waals surface area contributed by atoms with Gasteiger partial charge in [0.1, 0.15) is 0 Å². The van der Waals surface area contributed by atoms with Crippen LogP contribution in [0.5, 0.6) is 0 Å². The Morgan fingerprint density at radius 1 is 1.31 bits per heavy atom. The third-order valence-electron chi connectivity index (χ3n) is 3.07. The highest BCUT2D eigenvalue weighted by Gasteiger charge is 2.08. The predicted molar refractivity (Wildman–Crippen MR) is 71.8 cm³/mol. The molecule has 1 aromatic carbocycles. The van der Waals surface area contributed by atoms with Gasteiger partial charge in [-0.05, 0) is 44.8 Å². The monoisotopic (exact) mass is 219 g/mol. The van der Waals surface area contributed by atoms with Crippen molar-refractivity contribution in [1.29, 1.82) is 0 Å². The average Bonchev–Trinajstić information content (AvgIpc) is 2.26. The van der Waals surface area contributed by atoms with Crippen molar-refractivity contribution in [2.75, 3.05) is 13.6 Å². The first-order chi connectivity index (χ1) is 7.76. The standard InChI is InChI=1S/C15H25N/c1-4-5-8-15(12-16-3)11-14-9-6-7-13(2)10-14/h6-7,9-10,15-16H,4-5,8,11-12H2,1-3H3. The minimum absolute atomic E-state index is 0.784. The second kappa shape index (κ2) is 7.45. The van der Waals surface area contributed by atoms with Crippen LogP contribution >= 0.6 is 0 Å². The molecule has 0 heterocycles. The van der Waals surface area contributed by atoms with Gasteiger partial charge in [-0.2, -0.15) is 0 Å². The van der Waals surface area contributed by atoms with E-state index < -0.39 is 0 Å². The van der Waals surface area contributed by atoms with Gasteiger partial charge in [-0.25, -0.2) is 0 Å². The largest absolute Gasteiger partial charge is 0.319 e. The topological polar surface area (TPSA) is 12.0 Å². The molecule has 1 N–H and O–H groups in total. The van der Waals surface area contributed by atoms with Gasteiger partial charge in [-0.1, -0.05) is 49.6 Å². The van der Waals surface area contributed by atoms with Crippen LogP contribution < -0.4 is 5.32 Å².